The van der Waals surface area contributed by atoms with Crippen LogP contribution in [0.5, 0.6) is 0 Å². The number of amides is 2. The predicted molar refractivity (Wildman–Crippen MR) is 211 cm³/mol. The molecule has 0 bridgehead atoms. The minimum Gasteiger partial charge on any atom is -0.370 e. The maximum Gasteiger partial charge on any atom is 0.220 e. The van der Waals surface area contributed by atoms with E-state index in [0.717, 1.165) is 39.1 Å². The number of carbonyl (C=O) groups excluding carboxylic acids is 3. The van der Waals surface area contributed by atoms with Crippen LogP contribution >= 0.6 is 0 Å². The van der Waals surface area contributed by atoms with Crippen LogP contribution in [0.2, 0.25) is 0 Å². The first kappa shape index (κ1) is 43.3. The van der Waals surface area contributed by atoms with Gasteiger partial charge in [-0.15, -0.1) is 0 Å². The molecule has 1 aromatic rings. The third-order valence-corrected chi connectivity index (χ3v) is 11.4. The number of ketones is 1. The van der Waals surface area contributed by atoms with E-state index in [4.69, 9.17) is 17.2 Å². The Morgan fingerprint density at radius 3 is 2.33 bits per heavy atom. The SMILES string of the molecule is C[C@H](C(CC(N)=O)CC(=O)NCC[C@H]1CN[C@@H]2CCCC[C@H]2NCCN[C@@H](C)CN(C)[C@H](C)CN1)[C@@H](C)C[C@H](C)C(=O)c1cccc(N=C(N)N)c1. The number of hydrogen-bond acceptors (Lipinski definition) is 9. The highest BCUT2D eigenvalue weighted by atomic mass is 16.2. The zero-order valence-corrected chi connectivity index (χ0v) is 32.8. The van der Waals surface area contributed by atoms with Gasteiger partial charge in [0.1, 0.15) is 0 Å². The topological polar surface area (TPSA) is 205 Å². The van der Waals surface area contributed by atoms with E-state index in [1.54, 1.807) is 24.3 Å². The number of hydrogen-bond donors (Lipinski definition) is 8. The van der Waals surface area contributed by atoms with Crippen molar-refractivity contribution in [2.45, 2.75) is 116 Å². The molecule has 52 heavy (non-hydrogen) atoms. The zero-order valence-electron chi connectivity index (χ0n) is 32.8. The van der Waals surface area contributed by atoms with Gasteiger partial charge in [0.2, 0.25) is 11.8 Å². The Balaban J connectivity index is 1.58. The van der Waals surface area contributed by atoms with Gasteiger partial charge in [-0.3, -0.25) is 14.4 Å². The molecule has 2 fully saturated rings. The van der Waals surface area contributed by atoms with Gasteiger partial charge in [0.15, 0.2) is 11.7 Å². The third-order valence-electron chi connectivity index (χ3n) is 11.4. The summed E-state index contributed by atoms with van der Waals surface area (Å²) in [5.41, 5.74) is 17.8. The summed E-state index contributed by atoms with van der Waals surface area (Å²) in [6.45, 7) is 15.7. The van der Waals surface area contributed by atoms with Gasteiger partial charge in [-0.1, -0.05) is 45.7 Å². The van der Waals surface area contributed by atoms with Gasteiger partial charge in [0.25, 0.3) is 0 Å². The van der Waals surface area contributed by atoms with Gasteiger partial charge >= 0.3 is 0 Å². The lowest BCUT2D eigenvalue weighted by Gasteiger charge is -2.34. The normalized spacial score (nSPS) is 26.3. The van der Waals surface area contributed by atoms with Crippen molar-refractivity contribution in [3.63, 3.8) is 0 Å². The van der Waals surface area contributed by atoms with Gasteiger partial charge < -0.3 is 48.7 Å². The summed E-state index contributed by atoms with van der Waals surface area (Å²) < 4.78 is 0. The van der Waals surface area contributed by atoms with E-state index in [-0.39, 0.29) is 60.2 Å². The summed E-state index contributed by atoms with van der Waals surface area (Å²) in [5.74, 6) is -1.03. The number of likely N-dealkylation sites (N-methyl/N-ethyl adjacent to an activating group) is 1. The second kappa shape index (κ2) is 22.2. The second-order valence-electron chi connectivity index (χ2n) is 15.8. The van der Waals surface area contributed by atoms with Crippen LogP contribution in [0.15, 0.2) is 29.3 Å². The average Bonchev–Trinajstić information content (AvgIpc) is 3.09. The molecule has 2 amide bonds. The first-order chi connectivity index (χ1) is 24.7. The number of nitrogens with zero attached hydrogens (tertiary/aromatic N) is 2. The number of nitrogens with one attached hydrogen (secondary N) is 5. The van der Waals surface area contributed by atoms with Crippen LogP contribution in [0.4, 0.5) is 5.69 Å². The summed E-state index contributed by atoms with van der Waals surface area (Å²) in [6.07, 6.45) is 6.57. The van der Waals surface area contributed by atoms with E-state index in [1.165, 1.54) is 25.7 Å². The molecule has 1 saturated heterocycles. The number of nitrogens with two attached hydrogens (primary N) is 3. The van der Waals surface area contributed by atoms with Crippen molar-refractivity contribution in [3.05, 3.63) is 29.8 Å². The van der Waals surface area contributed by atoms with E-state index < -0.39 is 5.91 Å². The zero-order chi connectivity index (χ0) is 38.2. The van der Waals surface area contributed by atoms with Crippen molar-refractivity contribution in [1.82, 2.24) is 31.5 Å². The number of rotatable bonds is 14. The van der Waals surface area contributed by atoms with E-state index in [1.807, 2.05) is 6.92 Å². The molecule has 1 saturated carbocycles. The Bertz CT molecular complexity index is 1290. The predicted octanol–water partition coefficient (Wildman–Crippen LogP) is 2.22. The van der Waals surface area contributed by atoms with Crippen LogP contribution in [0, 0.1) is 23.7 Å². The Labute approximate surface area is 312 Å². The highest BCUT2D eigenvalue weighted by molar-refractivity contribution is 5.98. The highest BCUT2D eigenvalue weighted by Crippen LogP contribution is 2.32. The molecule has 1 aromatic carbocycles. The quantitative estimate of drug-likeness (QED) is 0.0798. The van der Waals surface area contributed by atoms with E-state index in [0.29, 0.717) is 48.4 Å². The monoisotopic (exact) mass is 727 g/mol. The van der Waals surface area contributed by atoms with Crippen LogP contribution in [0.1, 0.15) is 96.3 Å². The fraction of sp³-hybridized carbons (Fsp3) is 0.744. The molecule has 2 aliphatic rings. The van der Waals surface area contributed by atoms with Crippen LogP contribution in [0.3, 0.4) is 0 Å². The minimum absolute atomic E-state index is 0.00450. The first-order valence-electron chi connectivity index (χ1n) is 19.7. The second-order valence-corrected chi connectivity index (χ2v) is 15.8. The van der Waals surface area contributed by atoms with Crippen molar-refractivity contribution in [1.29, 1.82) is 0 Å². The molecule has 13 nitrogen and oxygen atoms in total. The first-order valence-corrected chi connectivity index (χ1v) is 19.7. The van der Waals surface area contributed by atoms with Crippen LogP contribution in [0.25, 0.3) is 0 Å². The number of benzene rings is 1. The van der Waals surface area contributed by atoms with Crippen molar-refractivity contribution in [2.75, 3.05) is 46.3 Å². The Hall–Kier alpha value is -3.10. The van der Waals surface area contributed by atoms with Crippen LogP contribution in [-0.2, 0) is 9.59 Å². The molecule has 11 N–H and O–H groups in total. The molecule has 9 atom stereocenters. The standard InChI is InChI=1S/C39H70N10O3/c1-25(18-26(2)38(52)30-10-9-11-32(19-30)48-39(41)42)29(5)31(20-36(40)50)21-37(51)45-15-14-33-23-47-35-13-8-7-12-34(35)44-17-16-43-27(3)24-49(6)28(4)22-46-33/h9-11,19,25-29,31,33-35,43-44,46-47H,7-8,12-18,20-24H2,1-6H3,(H2,40,50)(H,45,51)(H4,41,42,48)/t25-,26-,27-,28+,29-,31?,33-,34+,35+/m0/s1. The fourth-order valence-corrected chi connectivity index (χ4v) is 7.84. The molecule has 1 aliphatic carbocycles. The number of Topliss-reactive ketones (excluding diaryl/α,β-unsaturated/α-hetero) is 1. The minimum atomic E-state index is -0.428. The summed E-state index contributed by atoms with van der Waals surface area (Å²) in [7, 11) is 2.18. The lowest BCUT2D eigenvalue weighted by molar-refractivity contribution is -0.123. The molecule has 0 radical (unpaired) electrons. The summed E-state index contributed by atoms with van der Waals surface area (Å²) in [4.78, 5) is 45.2. The molecular formula is C39H70N10O3. The summed E-state index contributed by atoms with van der Waals surface area (Å²) in [6, 6.07) is 8.80. The molecule has 3 rings (SSSR count). The van der Waals surface area contributed by atoms with Gasteiger partial charge in [0, 0.05) is 93.8 Å². The van der Waals surface area contributed by atoms with E-state index >= 15 is 0 Å². The molecule has 13 heteroatoms. The maximum atomic E-state index is 13.3. The fourth-order valence-electron chi connectivity index (χ4n) is 7.84. The molecule has 1 aliphatic heterocycles. The van der Waals surface area contributed by atoms with Crippen molar-refractivity contribution in [3.8, 4) is 0 Å². The van der Waals surface area contributed by atoms with Gasteiger partial charge in [-0.05, 0) is 76.5 Å². The number of fused-ring (bicyclic) bond motifs is 1. The van der Waals surface area contributed by atoms with Gasteiger partial charge in [-0.2, -0.15) is 0 Å². The molecule has 1 heterocycles. The third kappa shape index (κ3) is 15.1. The van der Waals surface area contributed by atoms with Gasteiger partial charge in [0.05, 0.1) is 5.69 Å². The highest BCUT2D eigenvalue weighted by Gasteiger charge is 2.30. The number of carbonyl (C=O) groups is 3. The van der Waals surface area contributed by atoms with E-state index in [2.05, 4.69) is 71.2 Å². The van der Waals surface area contributed by atoms with Crippen LogP contribution in [-0.4, -0.2) is 105 Å². The number of guanidine groups is 1. The molecule has 1 unspecified atom stereocenters. The largest absolute Gasteiger partial charge is 0.370 e. The summed E-state index contributed by atoms with van der Waals surface area (Å²) >= 11 is 0. The molecule has 0 spiro atoms. The van der Waals surface area contributed by atoms with Crippen molar-refractivity contribution in [2.24, 2.45) is 45.9 Å². The average molecular weight is 727 g/mol. The summed E-state index contributed by atoms with van der Waals surface area (Å²) in [5, 5.41) is 18.3. The molecular weight excluding hydrogens is 656 g/mol. The molecule has 0 aromatic heterocycles. The lowest BCUT2D eigenvalue weighted by atomic mass is 9.75. The Morgan fingerprint density at radius 1 is 0.942 bits per heavy atom. The van der Waals surface area contributed by atoms with E-state index in [9.17, 15) is 14.4 Å². The number of aliphatic imine (C=N–C) groups is 1. The Morgan fingerprint density at radius 2 is 1.63 bits per heavy atom. The van der Waals surface area contributed by atoms with Crippen molar-refractivity contribution < 1.29 is 14.4 Å². The molecule has 294 valence electrons. The maximum absolute atomic E-state index is 13.3. The smallest absolute Gasteiger partial charge is 0.220 e. The van der Waals surface area contributed by atoms with Crippen molar-refractivity contribution >= 4 is 29.2 Å². The van der Waals surface area contributed by atoms with Crippen LogP contribution < -0.4 is 43.8 Å². The Kier molecular flexibility index (Phi) is 18.5. The lowest BCUT2D eigenvalue weighted by Crippen LogP contribution is -2.54. The van der Waals surface area contributed by atoms with Gasteiger partial charge in [-0.25, -0.2) is 4.99 Å². The number of primary amides is 1.